The third-order valence-electron chi connectivity index (χ3n) is 5.02. The van der Waals surface area contributed by atoms with Gasteiger partial charge in [0.15, 0.2) is 0 Å². The predicted octanol–water partition coefficient (Wildman–Crippen LogP) is 2.03. The number of sulfonamides is 1. The van der Waals surface area contributed by atoms with E-state index in [9.17, 15) is 13.2 Å². The van der Waals surface area contributed by atoms with Crippen LogP contribution in [0.1, 0.15) is 28.8 Å². The summed E-state index contributed by atoms with van der Waals surface area (Å²) in [5.41, 5.74) is 7.56. The molecule has 1 aliphatic rings. The van der Waals surface area contributed by atoms with E-state index in [2.05, 4.69) is 0 Å². The molecular weight excluding hydrogens is 408 g/mol. The second-order valence-electron chi connectivity index (χ2n) is 7.26. The average molecular weight is 435 g/mol. The summed E-state index contributed by atoms with van der Waals surface area (Å²) in [4.78, 5) is 15.3. The molecule has 2 aromatic rings. The summed E-state index contributed by atoms with van der Waals surface area (Å²) >= 11 is 1.37. The maximum absolute atomic E-state index is 12.9. The molecule has 9 heteroatoms. The molecule has 1 amide bonds. The number of benzene rings is 1. The van der Waals surface area contributed by atoms with E-state index in [-0.39, 0.29) is 11.7 Å². The first kappa shape index (κ1) is 21.5. The Bertz CT molecular complexity index is 973. The number of hydrogen-bond donors (Lipinski definition) is 2. The van der Waals surface area contributed by atoms with Crippen molar-refractivity contribution in [2.75, 3.05) is 19.3 Å². The number of likely N-dealkylation sites (tertiary alicyclic amines) is 1. The van der Waals surface area contributed by atoms with Crippen LogP contribution in [0.5, 0.6) is 0 Å². The SMILES string of the molecule is CS(=O)(=O)N(CCCc1ccccc1)[C@H]1CCN(Cc2csc(C(=N)N)c2)C1=O. The third-order valence-corrected chi connectivity index (χ3v) is 7.32. The van der Waals surface area contributed by atoms with Gasteiger partial charge in [-0.05, 0) is 41.8 Å². The summed E-state index contributed by atoms with van der Waals surface area (Å²) in [6.45, 7) is 1.24. The fraction of sp³-hybridized carbons (Fsp3) is 0.400. The lowest BCUT2D eigenvalue weighted by atomic mass is 10.1. The number of rotatable bonds is 9. The number of carbonyl (C=O) groups is 1. The molecule has 0 saturated carbocycles. The van der Waals surface area contributed by atoms with Crippen LogP contribution in [0.15, 0.2) is 41.8 Å². The molecule has 0 unspecified atom stereocenters. The predicted molar refractivity (Wildman–Crippen MR) is 115 cm³/mol. The minimum atomic E-state index is -3.50. The van der Waals surface area contributed by atoms with Gasteiger partial charge in [-0.1, -0.05) is 30.3 Å². The molecule has 0 aliphatic carbocycles. The first-order valence-electron chi connectivity index (χ1n) is 9.47. The monoisotopic (exact) mass is 434 g/mol. The van der Waals surface area contributed by atoms with Crippen molar-refractivity contribution in [1.29, 1.82) is 5.41 Å². The summed E-state index contributed by atoms with van der Waals surface area (Å²) in [6.07, 6.45) is 3.08. The Kier molecular flexibility index (Phi) is 6.71. The number of nitrogens with zero attached hydrogens (tertiary/aromatic N) is 2. The molecule has 0 bridgehead atoms. The lowest BCUT2D eigenvalue weighted by Crippen LogP contribution is -2.45. The van der Waals surface area contributed by atoms with Crippen LogP contribution in [0.4, 0.5) is 0 Å². The first-order chi connectivity index (χ1) is 13.8. The maximum atomic E-state index is 12.9. The normalized spacial score (nSPS) is 17.2. The minimum absolute atomic E-state index is 0.00791. The fourth-order valence-corrected chi connectivity index (χ4v) is 5.49. The van der Waals surface area contributed by atoms with Gasteiger partial charge in [-0.2, -0.15) is 4.31 Å². The molecule has 1 aliphatic heterocycles. The lowest BCUT2D eigenvalue weighted by molar-refractivity contribution is -0.131. The van der Waals surface area contributed by atoms with Crippen LogP contribution < -0.4 is 5.73 Å². The Hall–Kier alpha value is -2.23. The van der Waals surface area contributed by atoms with Gasteiger partial charge in [0.25, 0.3) is 0 Å². The molecule has 3 N–H and O–H groups in total. The highest BCUT2D eigenvalue weighted by Crippen LogP contribution is 2.24. The standard InChI is InChI=1S/C20H26N4O3S2/c1-29(26,27)24(10-5-8-15-6-3-2-4-7-15)17-9-11-23(20(17)25)13-16-12-18(19(21)22)28-14-16/h2-4,6-7,12,14,17H,5,8-11,13H2,1H3,(H3,21,22)/t17-/m0/s1. The van der Waals surface area contributed by atoms with Crippen LogP contribution in [0, 0.1) is 5.41 Å². The Morgan fingerprint density at radius 3 is 2.66 bits per heavy atom. The van der Waals surface area contributed by atoms with Crippen LogP contribution in [0.25, 0.3) is 0 Å². The number of carbonyl (C=O) groups excluding carboxylic acids is 1. The van der Waals surface area contributed by atoms with E-state index in [0.29, 0.717) is 37.4 Å². The average Bonchev–Trinajstić information content (AvgIpc) is 3.27. The highest BCUT2D eigenvalue weighted by atomic mass is 32.2. The molecule has 1 aromatic carbocycles. The van der Waals surface area contributed by atoms with Crippen molar-refractivity contribution in [2.45, 2.75) is 31.8 Å². The smallest absolute Gasteiger partial charge is 0.241 e. The molecule has 1 atom stereocenters. The number of nitrogens with two attached hydrogens (primary N) is 1. The highest BCUT2D eigenvalue weighted by Gasteiger charge is 2.39. The van der Waals surface area contributed by atoms with Gasteiger partial charge in [-0.3, -0.25) is 10.2 Å². The zero-order chi connectivity index (χ0) is 21.0. The molecule has 29 heavy (non-hydrogen) atoms. The van der Waals surface area contributed by atoms with E-state index in [4.69, 9.17) is 11.1 Å². The van der Waals surface area contributed by atoms with Crippen molar-refractivity contribution in [3.8, 4) is 0 Å². The summed E-state index contributed by atoms with van der Waals surface area (Å²) in [7, 11) is -3.50. The minimum Gasteiger partial charge on any atom is -0.383 e. The van der Waals surface area contributed by atoms with Crippen molar-refractivity contribution < 1.29 is 13.2 Å². The molecule has 156 valence electrons. The maximum Gasteiger partial charge on any atom is 0.241 e. The van der Waals surface area contributed by atoms with Gasteiger partial charge in [0.05, 0.1) is 11.1 Å². The van der Waals surface area contributed by atoms with Gasteiger partial charge < -0.3 is 10.6 Å². The number of nitrogens with one attached hydrogen (secondary N) is 1. The number of amides is 1. The third kappa shape index (κ3) is 5.43. The largest absolute Gasteiger partial charge is 0.383 e. The molecule has 1 fully saturated rings. The molecule has 1 saturated heterocycles. The Labute approximate surface area is 175 Å². The summed E-state index contributed by atoms with van der Waals surface area (Å²) in [6, 6.07) is 11.1. The van der Waals surface area contributed by atoms with E-state index in [0.717, 1.165) is 17.5 Å². The number of hydrogen-bond acceptors (Lipinski definition) is 5. The van der Waals surface area contributed by atoms with Crippen LogP contribution in [0.2, 0.25) is 0 Å². The van der Waals surface area contributed by atoms with Gasteiger partial charge >= 0.3 is 0 Å². The van der Waals surface area contributed by atoms with Crippen molar-refractivity contribution in [2.24, 2.45) is 5.73 Å². The molecule has 7 nitrogen and oxygen atoms in total. The van der Waals surface area contributed by atoms with E-state index >= 15 is 0 Å². The number of nitrogen functional groups attached to an aromatic ring is 1. The second-order valence-corrected chi connectivity index (χ2v) is 10.1. The van der Waals surface area contributed by atoms with Crippen molar-refractivity contribution in [3.05, 3.63) is 57.8 Å². The topological polar surface area (TPSA) is 108 Å². The number of amidine groups is 1. The molecular formula is C20H26N4O3S2. The van der Waals surface area contributed by atoms with Crippen molar-refractivity contribution in [3.63, 3.8) is 0 Å². The quantitative estimate of drug-likeness (QED) is 0.465. The molecule has 1 aromatic heterocycles. The summed E-state index contributed by atoms with van der Waals surface area (Å²) < 4.78 is 26.1. The highest BCUT2D eigenvalue weighted by molar-refractivity contribution is 7.88. The van der Waals surface area contributed by atoms with Crippen molar-refractivity contribution >= 4 is 33.1 Å². The molecule has 0 radical (unpaired) electrons. The van der Waals surface area contributed by atoms with Crippen LogP contribution in [0.3, 0.4) is 0 Å². The number of aryl methyl sites for hydroxylation is 1. The van der Waals surface area contributed by atoms with E-state index in [1.165, 1.54) is 21.9 Å². The van der Waals surface area contributed by atoms with E-state index < -0.39 is 16.1 Å². The fourth-order valence-electron chi connectivity index (χ4n) is 3.60. The number of thiophene rings is 1. The van der Waals surface area contributed by atoms with E-state index in [1.54, 1.807) is 4.90 Å². The first-order valence-corrected chi connectivity index (χ1v) is 12.2. The zero-order valence-corrected chi connectivity index (χ0v) is 18.0. The molecule has 0 spiro atoms. The van der Waals surface area contributed by atoms with Gasteiger partial charge in [-0.25, -0.2) is 8.42 Å². The lowest BCUT2D eigenvalue weighted by Gasteiger charge is -2.25. The summed E-state index contributed by atoms with van der Waals surface area (Å²) in [5, 5.41) is 9.37. The van der Waals surface area contributed by atoms with Gasteiger partial charge in [0, 0.05) is 19.6 Å². The zero-order valence-electron chi connectivity index (χ0n) is 16.4. The van der Waals surface area contributed by atoms with Crippen LogP contribution >= 0.6 is 11.3 Å². The Balaban J connectivity index is 1.64. The summed E-state index contributed by atoms with van der Waals surface area (Å²) in [5.74, 6) is -0.153. The molecule has 3 rings (SSSR count). The molecule has 2 heterocycles. The van der Waals surface area contributed by atoms with Crippen molar-refractivity contribution in [1.82, 2.24) is 9.21 Å². The van der Waals surface area contributed by atoms with Gasteiger partial charge in [0.2, 0.25) is 15.9 Å². The van der Waals surface area contributed by atoms with Gasteiger partial charge in [0.1, 0.15) is 11.9 Å². The van der Waals surface area contributed by atoms with Crippen LogP contribution in [-0.4, -0.2) is 54.8 Å². The Morgan fingerprint density at radius 1 is 1.31 bits per heavy atom. The van der Waals surface area contributed by atoms with Gasteiger partial charge in [-0.15, -0.1) is 11.3 Å². The van der Waals surface area contributed by atoms with Crippen LogP contribution in [-0.2, 0) is 27.8 Å². The Morgan fingerprint density at radius 2 is 2.03 bits per heavy atom. The second kappa shape index (κ2) is 9.06. The van der Waals surface area contributed by atoms with E-state index in [1.807, 2.05) is 41.8 Å².